The molecule has 0 radical (unpaired) electrons. The molecule has 1 heterocycles. The van der Waals surface area contributed by atoms with Gasteiger partial charge in [-0.3, -0.25) is 24.2 Å². The molecule has 0 fully saturated rings. The van der Waals surface area contributed by atoms with Gasteiger partial charge in [0.15, 0.2) is 5.96 Å². The summed E-state index contributed by atoms with van der Waals surface area (Å²) in [5.41, 5.74) is 20.1. The summed E-state index contributed by atoms with van der Waals surface area (Å²) in [5, 5.41) is 12.3. The van der Waals surface area contributed by atoms with Crippen molar-refractivity contribution in [2.75, 3.05) is 13.1 Å². The second-order valence-corrected chi connectivity index (χ2v) is 11.4. The van der Waals surface area contributed by atoms with E-state index in [1.807, 2.05) is 84.9 Å². The normalized spacial score (nSPS) is 12.8. The lowest BCUT2D eigenvalue weighted by molar-refractivity contribution is -0.133. The molecule has 0 bridgehead atoms. The number of primary amides is 1. The Morgan fingerprint density at radius 3 is 2.02 bits per heavy atom. The van der Waals surface area contributed by atoms with E-state index in [4.69, 9.17) is 17.2 Å². The summed E-state index contributed by atoms with van der Waals surface area (Å²) in [6.45, 7) is 0.666. The summed E-state index contributed by atoms with van der Waals surface area (Å²) >= 11 is 0. The Balaban J connectivity index is 1.47. The van der Waals surface area contributed by atoms with Crippen molar-refractivity contribution in [2.45, 2.75) is 50.4 Å². The minimum absolute atomic E-state index is 0.0238. The van der Waals surface area contributed by atoms with Gasteiger partial charge in [0.1, 0.15) is 18.1 Å². The number of rotatable bonds is 18. The van der Waals surface area contributed by atoms with Crippen LogP contribution >= 0.6 is 0 Å². The molecular weight excluding hydrogens is 610 g/mol. The lowest BCUT2D eigenvalue weighted by Crippen LogP contribution is -2.57. The lowest BCUT2D eigenvalue weighted by Gasteiger charge is -2.25. The number of amides is 4. The van der Waals surface area contributed by atoms with Gasteiger partial charge in [-0.15, -0.1) is 0 Å². The number of para-hydroxylation sites is 1. The van der Waals surface area contributed by atoms with Crippen LogP contribution in [0.25, 0.3) is 10.9 Å². The molecule has 4 rings (SSSR count). The van der Waals surface area contributed by atoms with Crippen molar-refractivity contribution < 1.29 is 19.2 Å². The standard InChI is InChI=1S/C35H43N9O4/c36-32(46)29(19-25-21-41-27-15-8-7-14-26(25)27)44-33(47)28(16-9-17-40-35(37)38)43-34(48)30(18-23-10-3-1-4-11-23)42-31(45)22-39-20-24-12-5-2-6-13-24/h1-8,10-15,21,28-30,39,41H,9,16-20,22H2,(H2,36,46)(H,42,45)(H,43,48)(H,44,47)(H4,37,38,40)/t28-,29-,30+/m0/s1. The van der Waals surface area contributed by atoms with Crippen LogP contribution < -0.4 is 38.5 Å². The van der Waals surface area contributed by atoms with Gasteiger partial charge < -0.3 is 43.5 Å². The number of carbonyl (C=O) groups is 4. The molecule has 1 aromatic heterocycles. The lowest BCUT2D eigenvalue weighted by atomic mass is 10.0. The van der Waals surface area contributed by atoms with Gasteiger partial charge in [0, 0.05) is 43.0 Å². The van der Waals surface area contributed by atoms with Gasteiger partial charge in [0.25, 0.3) is 0 Å². The molecule has 0 saturated heterocycles. The van der Waals surface area contributed by atoms with Crippen LogP contribution in [-0.2, 0) is 38.6 Å². The Hall–Kier alpha value is -5.69. The number of carbonyl (C=O) groups excluding carboxylic acids is 4. The summed E-state index contributed by atoms with van der Waals surface area (Å²) in [7, 11) is 0. The number of H-pyrrole nitrogens is 1. The largest absolute Gasteiger partial charge is 0.370 e. The minimum Gasteiger partial charge on any atom is -0.370 e. The van der Waals surface area contributed by atoms with Gasteiger partial charge in [0.2, 0.25) is 23.6 Å². The molecule has 252 valence electrons. The maximum absolute atomic E-state index is 13.8. The monoisotopic (exact) mass is 653 g/mol. The van der Waals surface area contributed by atoms with Crippen molar-refractivity contribution in [1.29, 1.82) is 0 Å². The molecule has 13 nitrogen and oxygen atoms in total. The number of nitrogens with two attached hydrogens (primary N) is 3. The third-order valence-corrected chi connectivity index (χ3v) is 7.73. The third kappa shape index (κ3) is 11.0. The SMILES string of the molecule is NC(=O)[C@H](Cc1c[nH]c2ccccc12)NC(=O)[C@H](CCCN=C(N)N)NC(=O)[C@@H](Cc1ccccc1)NC(=O)CNCc1ccccc1. The van der Waals surface area contributed by atoms with E-state index in [1.54, 1.807) is 6.20 Å². The molecule has 48 heavy (non-hydrogen) atoms. The zero-order valence-corrected chi connectivity index (χ0v) is 26.7. The predicted octanol–water partition coefficient (Wildman–Crippen LogP) is 0.736. The summed E-state index contributed by atoms with van der Waals surface area (Å²) in [6.07, 6.45) is 2.59. The molecular formula is C35H43N9O4. The number of aromatic amines is 1. The van der Waals surface area contributed by atoms with Gasteiger partial charge in [-0.1, -0.05) is 78.9 Å². The molecule has 13 heteroatoms. The van der Waals surface area contributed by atoms with Gasteiger partial charge in [0.05, 0.1) is 6.54 Å². The average molecular weight is 654 g/mol. The first kappa shape index (κ1) is 35.2. The molecule has 0 aliphatic carbocycles. The molecule has 3 aromatic carbocycles. The van der Waals surface area contributed by atoms with E-state index in [2.05, 4.69) is 31.2 Å². The predicted molar refractivity (Wildman–Crippen MR) is 185 cm³/mol. The second kappa shape index (κ2) is 17.9. The first-order valence-electron chi connectivity index (χ1n) is 15.8. The summed E-state index contributed by atoms with van der Waals surface area (Å²) < 4.78 is 0. The van der Waals surface area contributed by atoms with Crippen LogP contribution in [0.3, 0.4) is 0 Å². The molecule has 11 N–H and O–H groups in total. The number of benzene rings is 3. The summed E-state index contributed by atoms with van der Waals surface area (Å²) in [4.78, 5) is 60.0. The zero-order valence-electron chi connectivity index (χ0n) is 26.7. The number of nitrogens with one attached hydrogen (secondary N) is 5. The van der Waals surface area contributed by atoms with Crippen LogP contribution in [0.5, 0.6) is 0 Å². The molecule has 0 aliphatic rings. The van der Waals surface area contributed by atoms with Crippen LogP contribution in [0.2, 0.25) is 0 Å². The van der Waals surface area contributed by atoms with Gasteiger partial charge >= 0.3 is 0 Å². The fourth-order valence-corrected chi connectivity index (χ4v) is 5.28. The number of hydrogen-bond donors (Lipinski definition) is 8. The average Bonchev–Trinajstić information content (AvgIpc) is 3.48. The Morgan fingerprint density at radius 1 is 0.708 bits per heavy atom. The topological polar surface area (TPSA) is 223 Å². The molecule has 0 unspecified atom stereocenters. The first-order chi connectivity index (χ1) is 23.2. The Kier molecular flexibility index (Phi) is 13.1. The van der Waals surface area contributed by atoms with E-state index >= 15 is 0 Å². The van der Waals surface area contributed by atoms with Crippen LogP contribution in [0, 0.1) is 0 Å². The highest BCUT2D eigenvalue weighted by Gasteiger charge is 2.29. The fraction of sp³-hybridized carbons (Fsp3) is 0.286. The maximum Gasteiger partial charge on any atom is 0.243 e. The second-order valence-electron chi connectivity index (χ2n) is 11.4. The van der Waals surface area contributed by atoms with Crippen molar-refractivity contribution in [3.05, 3.63) is 108 Å². The Labute approximate surface area is 279 Å². The molecule has 0 spiro atoms. The van der Waals surface area contributed by atoms with Crippen LogP contribution in [0.4, 0.5) is 0 Å². The van der Waals surface area contributed by atoms with Gasteiger partial charge in [-0.2, -0.15) is 0 Å². The van der Waals surface area contributed by atoms with Crippen molar-refractivity contribution in [3.63, 3.8) is 0 Å². The maximum atomic E-state index is 13.8. The number of nitrogens with zero attached hydrogens (tertiary/aromatic N) is 1. The van der Waals surface area contributed by atoms with Crippen molar-refractivity contribution in [2.24, 2.45) is 22.2 Å². The smallest absolute Gasteiger partial charge is 0.243 e. The minimum atomic E-state index is -1.08. The van der Waals surface area contributed by atoms with E-state index in [0.29, 0.717) is 13.0 Å². The van der Waals surface area contributed by atoms with Crippen LogP contribution in [0.15, 0.2) is 96.1 Å². The van der Waals surface area contributed by atoms with E-state index in [1.165, 1.54) is 0 Å². The van der Waals surface area contributed by atoms with E-state index in [0.717, 1.165) is 27.6 Å². The molecule has 4 aromatic rings. The summed E-state index contributed by atoms with van der Waals surface area (Å²) in [6, 6.07) is 23.3. The molecule has 0 aliphatic heterocycles. The highest BCUT2D eigenvalue weighted by Crippen LogP contribution is 2.19. The molecule has 4 amide bonds. The van der Waals surface area contributed by atoms with Crippen molar-refractivity contribution in [1.82, 2.24) is 26.3 Å². The van der Waals surface area contributed by atoms with Gasteiger partial charge in [-0.25, -0.2) is 0 Å². The number of aliphatic imine (C=N–C) groups is 1. The van der Waals surface area contributed by atoms with Crippen LogP contribution in [0.1, 0.15) is 29.5 Å². The third-order valence-electron chi connectivity index (χ3n) is 7.73. The van der Waals surface area contributed by atoms with Crippen molar-refractivity contribution in [3.8, 4) is 0 Å². The number of aromatic nitrogens is 1. The summed E-state index contributed by atoms with van der Waals surface area (Å²) in [5.74, 6) is -2.38. The van der Waals surface area contributed by atoms with Crippen molar-refractivity contribution >= 4 is 40.5 Å². The number of hydrogen-bond acceptors (Lipinski definition) is 6. The Morgan fingerprint density at radius 2 is 1.33 bits per heavy atom. The number of guanidine groups is 1. The zero-order chi connectivity index (χ0) is 34.3. The van der Waals surface area contributed by atoms with E-state index < -0.39 is 35.8 Å². The first-order valence-corrected chi connectivity index (χ1v) is 15.8. The highest BCUT2D eigenvalue weighted by molar-refractivity contribution is 5.94. The Bertz CT molecular complexity index is 1690. The van der Waals surface area contributed by atoms with E-state index in [-0.39, 0.29) is 44.2 Å². The van der Waals surface area contributed by atoms with E-state index in [9.17, 15) is 19.2 Å². The van der Waals surface area contributed by atoms with Gasteiger partial charge in [-0.05, 0) is 35.6 Å². The molecule has 3 atom stereocenters. The quantitative estimate of drug-likeness (QED) is 0.0436. The molecule has 0 saturated carbocycles. The highest BCUT2D eigenvalue weighted by atomic mass is 16.2. The fourth-order valence-electron chi connectivity index (χ4n) is 5.28. The van der Waals surface area contributed by atoms with Crippen LogP contribution in [-0.4, -0.2) is 65.8 Å². The number of fused-ring (bicyclic) bond motifs is 1.